The van der Waals surface area contributed by atoms with E-state index in [-0.39, 0.29) is 11.3 Å². The molecule has 0 spiro atoms. The minimum atomic E-state index is -0.494. The second-order valence-electron chi connectivity index (χ2n) is 4.67. The van der Waals surface area contributed by atoms with E-state index in [9.17, 15) is 9.18 Å². The number of ether oxygens (including phenoxy) is 3. The molecule has 0 saturated carbocycles. The van der Waals surface area contributed by atoms with Crippen LogP contribution in [0.5, 0.6) is 17.2 Å². The molecule has 0 aromatic heterocycles. The van der Waals surface area contributed by atoms with Crippen LogP contribution in [0.4, 0.5) is 4.39 Å². The van der Waals surface area contributed by atoms with Crippen LogP contribution in [0, 0.1) is 5.82 Å². The van der Waals surface area contributed by atoms with Gasteiger partial charge in [-0.3, -0.25) is 4.79 Å². The number of hydrogen-bond donors (Lipinski definition) is 0. The molecule has 5 heteroatoms. The van der Waals surface area contributed by atoms with E-state index in [1.165, 1.54) is 39.5 Å². The van der Waals surface area contributed by atoms with Crippen molar-refractivity contribution in [1.29, 1.82) is 0 Å². The molecule has 2 aromatic carbocycles. The van der Waals surface area contributed by atoms with Crippen LogP contribution in [-0.2, 0) is 0 Å². The summed E-state index contributed by atoms with van der Waals surface area (Å²) >= 11 is 0. The molecule has 0 atom stereocenters. The first-order chi connectivity index (χ1) is 11.0. The highest BCUT2D eigenvalue weighted by Gasteiger charge is 2.17. The van der Waals surface area contributed by atoms with Crippen LogP contribution in [-0.4, -0.2) is 27.1 Å². The average Bonchev–Trinajstić information content (AvgIpc) is 2.59. The number of rotatable bonds is 6. The Morgan fingerprint density at radius 1 is 1.04 bits per heavy atom. The lowest BCUT2D eigenvalue weighted by molar-refractivity contribution is 0.104. The van der Waals surface area contributed by atoms with Crippen molar-refractivity contribution >= 4 is 5.78 Å². The number of allylic oxidation sites excluding steroid dienone is 1. The largest absolute Gasteiger partial charge is 0.493 e. The molecule has 23 heavy (non-hydrogen) atoms. The van der Waals surface area contributed by atoms with E-state index in [2.05, 4.69) is 6.58 Å². The van der Waals surface area contributed by atoms with E-state index in [1.54, 1.807) is 12.1 Å². The van der Waals surface area contributed by atoms with Crippen LogP contribution in [0.15, 0.2) is 43.0 Å². The SMILES string of the molecule is C=CC(=O)c1cc(F)ccc1-c1cc(OC)c(OC)c(OC)c1. The number of ketones is 1. The lowest BCUT2D eigenvalue weighted by Gasteiger charge is -2.15. The van der Waals surface area contributed by atoms with Crippen molar-refractivity contribution in [3.8, 4) is 28.4 Å². The second-order valence-corrected chi connectivity index (χ2v) is 4.67. The van der Waals surface area contributed by atoms with Crippen molar-refractivity contribution in [2.45, 2.75) is 0 Å². The molecule has 120 valence electrons. The summed E-state index contributed by atoms with van der Waals surface area (Å²) in [6, 6.07) is 7.41. The highest BCUT2D eigenvalue weighted by molar-refractivity contribution is 6.09. The molecule has 0 fully saturated rings. The van der Waals surface area contributed by atoms with Gasteiger partial charge in [0.25, 0.3) is 0 Å². The fourth-order valence-electron chi connectivity index (χ4n) is 2.32. The Morgan fingerprint density at radius 3 is 2.13 bits per heavy atom. The van der Waals surface area contributed by atoms with Crippen molar-refractivity contribution in [3.05, 3.63) is 54.4 Å². The predicted molar refractivity (Wildman–Crippen MR) is 86.0 cm³/mol. The van der Waals surface area contributed by atoms with Gasteiger partial charge < -0.3 is 14.2 Å². The monoisotopic (exact) mass is 316 g/mol. The molecule has 0 amide bonds. The Hall–Kier alpha value is -2.82. The lowest BCUT2D eigenvalue weighted by Crippen LogP contribution is -2.00. The van der Waals surface area contributed by atoms with Crippen molar-refractivity contribution < 1.29 is 23.4 Å². The highest BCUT2D eigenvalue weighted by Crippen LogP contribution is 2.42. The van der Waals surface area contributed by atoms with Crippen LogP contribution < -0.4 is 14.2 Å². The smallest absolute Gasteiger partial charge is 0.203 e. The van der Waals surface area contributed by atoms with Crippen LogP contribution in [0.1, 0.15) is 10.4 Å². The molecule has 2 aromatic rings. The minimum Gasteiger partial charge on any atom is -0.493 e. The maximum absolute atomic E-state index is 13.5. The first-order valence-electron chi connectivity index (χ1n) is 6.82. The zero-order chi connectivity index (χ0) is 17.0. The summed E-state index contributed by atoms with van der Waals surface area (Å²) in [4.78, 5) is 12.0. The minimum absolute atomic E-state index is 0.217. The number of methoxy groups -OCH3 is 3. The van der Waals surface area contributed by atoms with E-state index in [0.717, 1.165) is 6.08 Å². The van der Waals surface area contributed by atoms with Gasteiger partial charge in [0.1, 0.15) is 5.82 Å². The number of halogens is 1. The fraction of sp³-hybridized carbons (Fsp3) is 0.167. The molecule has 0 bridgehead atoms. The van der Waals surface area contributed by atoms with Crippen molar-refractivity contribution in [3.63, 3.8) is 0 Å². The maximum Gasteiger partial charge on any atom is 0.203 e. The fourth-order valence-corrected chi connectivity index (χ4v) is 2.32. The highest BCUT2D eigenvalue weighted by atomic mass is 19.1. The van der Waals surface area contributed by atoms with E-state index >= 15 is 0 Å². The average molecular weight is 316 g/mol. The van der Waals surface area contributed by atoms with Gasteiger partial charge in [-0.1, -0.05) is 12.6 Å². The Kier molecular flexibility index (Phi) is 5.01. The van der Waals surface area contributed by atoms with Crippen LogP contribution >= 0.6 is 0 Å². The summed E-state index contributed by atoms with van der Waals surface area (Å²) in [5, 5.41) is 0. The third-order valence-electron chi connectivity index (χ3n) is 3.41. The molecular weight excluding hydrogens is 299 g/mol. The molecule has 2 rings (SSSR count). The predicted octanol–water partition coefficient (Wildman–Crippen LogP) is 3.89. The van der Waals surface area contributed by atoms with E-state index in [1.807, 2.05) is 0 Å². The van der Waals surface area contributed by atoms with Crippen molar-refractivity contribution in [2.24, 2.45) is 0 Å². The van der Waals surface area contributed by atoms with Gasteiger partial charge in [0.2, 0.25) is 5.75 Å². The molecule has 0 saturated heterocycles. The molecule has 4 nitrogen and oxygen atoms in total. The number of hydrogen-bond acceptors (Lipinski definition) is 4. The topological polar surface area (TPSA) is 44.8 Å². The van der Waals surface area contributed by atoms with Gasteiger partial charge in [0.05, 0.1) is 21.3 Å². The molecule has 0 unspecified atom stereocenters. The third-order valence-corrected chi connectivity index (χ3v) is 3.41. The van der Waals surface area contributed by atoms with Gasteiger partial charge in [-0.25, -0.2) is 4.39 Å². The number of carbonyl (C=O) groups excluding carboxylic acids is 1. The summed E-state index contributed by atoms with van der Waals surface area (Å²) in [7, 11) is 4.51. The lowest BCUT2D eigenvalue weighted by atomic mass is 9.96. The number of benzene rings is 2. The Labute approximate surface area is 134 Å². The van der Waals surface area contributed by atoms with E-state index in [4.69, 9.17) is 14.2 Å². The van der Waals surface area contributed by atoms with Crippen LogP contribution in [0.25, 0.3) is 11.1 Å². The Bertz CT molecular complexity index is 728. The van der Waals surface area contributed by atoms with E-state index in [0.29, 0.717) is 28.4 Å². The standard InChI is InChI=1S/C18H17FO4/c1-5-15(20)14-10-12(19)6-7-13(14)11-8-16(21-2)18(23-4)17(9-11)22-3/h5-10H,1H2,2-4H3. The van der Waals surface area contributed by atoms with Crippen LogP contribution in [0.3, 0.4) is 0 Å². The van der Waals surface area contributed by atoms with Gasteiger partial charge in [-0.05, 0) is 41.5 Å². The van der Waals surface area contributed by atoms with Crippen molar-refractivity contribution in [2.75, 3.05) is 21.3 Å². The zero-order valence-electron chi connectivity index (χ0n) is 13.2. The maximum atomic E-state index is 13.5. The first kappa shape index (κ1) is 16.5. The summed E-state index contributed by atoms with van der Waals surface area (Å²) in [6.07, 6.45) is 1.15. The zero-order valence-corrected chi connectivity index (χ0v) is 13.2. The summed E-state index contributed by atoms with van der Waals surface area (Å²) in [6.45, 7) is 3.45. The Morgan fingerprint density at radius 2 is 1.65 bits per heavy atom. The molecular formula is C18H17FO4. The summed E-state index contributed by atoms with van der Waals surface area (Å²) in [5.41, 5.74) is 1.41. The van der Waals surface area contributed by atoms with Gasteiger partial charge in [-0.15, -0.1) is 0 Å². The van der Waals surface area contributed by atoms with E-state index < -0.39 is 5.82 Å². The third kappa shape index (κ3) is 3.18. The quantitative estimate of drug-likeness (QED) is 0.599. The van der Waals surface area contributed by atoms with Gasteiger partial charge in [0.15, 0.2) is 17.3 Å². The Balaban J connectivity index is 2.72. The molecule has 0 radical (unpaired) electrons. The first-order valence-corrected chi connectivity index (χ1v) is 6.82. The summed E-state index contributed by atoms with van der Waals surface area (Å²) in [5.74, 6) is 0.475. The van der Waals surface area contributed by atoms with Gasteiger partial charge >= 0.3 is 0 Å². The van der Waals surface area contributed by atoms with Gasteiger partial charge in [-0.2, -0.15) is 0 Å². The molecule has 0 aliphatic rings. The molecule has 0 aliphatic heterocycles. The normalized spacial score (nSPS) is 10.1. The second kappa shape index (κ2) is 6.96. The number of carbonyl (C=O) groups is 1. The molecule has 0 N–H and O–H groups in total. The van der Waals surface area contributed by atoms with Crippen molar-refractivity contribution in [1.82, 2.24) is 0 Å². The molecule has 0 aliphatic carbocycles. The molecule has 0 heterocycles. The van der Waals surface area contributed by atoms with Crippen LogP contribution in [0.2, 0.25) is 0 Å². The summed E-state index contributed by atoms with van der Waals surface area (Å²) < 4.78 is 29.4. The van der Waals surface area contributed by atoms with Gasteiger partial charge in [0, 0.05) is 5.56 Å².